The Morgan fingerprint density at radius 3 is 2.55 bits per heavy atom. The molecular weight excluding hydrogens is 388 g/mol. The first-order valence-electron chi connectivity index (χ1n) is 10.0. The molecule has 3 rings (SSSR count). The summed E-state index contributed by atoms with van der Waals surface area (Å²) in [5.41, 5.74) is 3.18. The van der Waals surface area contributed by atoms with Gasteiger partial charge in [-0.15, -0.1) is 0 Å². The van der Waals surface area contributed by atoms with Gasteiger partial charge in [-0.1, -0.05) is 19.4 Å². The summed E-state index contributed by atoms with van der Waals surface area (Å²) in [6, 6.07) is 12.2. The largest absolute Gasteiger partial charge is 0.484 e. The smallest absolute Gasteiger partial charge is 0.262 e. The zero-order valence-electron chi connectivity index (χ0n) is 17.0. The topological polar surface area (TPSA) is 75.7 Å². The van der Waals surface area contributed by atoms with Crippen LogP contribution in [-0.2, 0) is 27.7 Å². The molecule has 0 spiro atoms. The SMILES string of the molecule is CCCCN(C)S(=O)(=O)c1ccc(NC(=O)COc2ccc3c(c2)CCC3)cc1. The maximum absolute atomic E-state index is 12.5. The van der Waals surface area contributed by atoms with Gasteiger partial charge in [0, 0.05) is 19.3 Å². The zero-order chi connectivity index (χ0) is 20.9. The van der Waals surface area contributed by atoms with Crippen LogP contribution >= 0.6 is 0 Å². The second-order valence-electron chi connectivity index (χ2n) is 7.33. The Labute approximate surface area is 172 Å². The fourth-order valence-corrected chi connectivity index (χ4v) is 4.58. The molecule has 0 saturated heterocycles. The number of benzene rings is 2. The van der Waals surface area contributed by atoms with Crippen molar-refractivity contribution in [2.24, 2.45) is 0 Å². The molecule has 0 unspecified atom stereocenters. The predicted molar refractivity (Wildman–Crippen MR) is 114 cm³/mol. The van der Waals surface area contributed by atoms with Crippen molar-refractivity contribution in [2.45, 2.75) is 43.9 Å². The molecule has 1 N–H and O–H groups in total. The number of rotatable bonds is 9. The Balaban J connectivity index is 1.54. The normalized spacial score (nSPS) is 13.3. The van der Waals surface area contributed by atoms with Crippen LogP contribution in [0, 0.1) is 0 Å². The van der Waals surface area contributed by atoms with Crippen LogP contribution in [0.2, 0.25) is 0 Å². The van der Waals surface area contributed by atoms with Crippen LogP contribution in [0.1, 0.15) is 37.3 Å². The molecule has 0 aliphatic heterocycles. The van der Waals surface area contributed by atoms with Crippen molar-refractivity contribution in [3.05, 3.63) is 53.6 Å². The van der Waals surface area contributed by atoms with Crippen LogP contribution in [0.3, 0.4) is 0 Å². The molecule has 0 aromatic heterocycles. The van der Waals surface area contributed by atoms with Gasteiger partial charge in [-0.3, -0.25) is 4.79 Å². The number of ether oxygens (including phenoxy) is 1. The average molecular weight is 417 g/mol. The Hall–Kier alpha value is -2.38. The second-order valence-corrected chi connectivity index (χ2v) is 9.37. The minimum absolute atomic E-state index is 0.0986. The quantitative estimate of drug-likeness (QED) is 0.678. The molecule has 7 heteroatoms. The number of nitrogens with zero attached hydrogens (tertiary/aromatic N) is 1. The Morgan fingerprint density at radius 2 is 1.83 bits per heavy atom. The number of hydrogen-bond donors (Lipinski definition) is 1. The number of carbonyl (C=O) groups excluding carboxylic acids is 1. The fourth-order valence-electron chi connectivity index (χ4n) is 3.38. The Kier molecular flexibility index (Phi) is 6.92. The zero-order valence-corrected chi connectivity index (χ0v) is 17.8. The fraction of sp³-hybridized carbons (Fsp3) is 0.409. The summed E-state index contributed by atoms with van der Waals surface area (Å²) in [5.74, 6) is 0.401. The average Bonchev–Trinajstić information content (AvgIpc) is 3.18. The lowest BCUT2D eigenvalue weighted by Gasteiger charge is -2.17. The van der Waals surface area contributed by atoms with Gasteiger partial charge in [-0.25, -0.2) is 12.7 Å². The van der Waals surface area contributed by atoms with Gasteiger partial charge in [0.2, 0.25) is 10.0 Å². The summed E-state index contributed by atoms with van der Waals surface area (Å²) >= 11 is 0. The molecule has 0 fully saturated rings. The summed E-state index contributed by atoms with van der Waals surface area (Å²) in [7, 11) is -1.93. The molecule has 1 aliphatic rings. The van der Waals surface area contributed by atoms with Crippen LogP contribution in [0.15, 0.2) is 47.4 Å². The summed E-state index contributed by atoms with van der Waals surface area (Å²) in [5, 5.41) is 2.73. The van der Waals surface area contributed by atoms with Gasteiger partial charge in [-0.2, -0.15) is 0 Å². The molecular formula is C22H28N2O4S. The number of amides is 1. The first-order chi connectivity index (χ1) is 13.9. The van der Waals surface area contributed by atoms with Crippen LogP contribution in [0.5, 0.6) is 5.75 Å². The molecule has 156 valence electrons. The van der Waals surface area contributed by atoms with Crippen molar-refractivity contribution in [1.82, 2.24) is 4.31 Å². The number of fused-ring (bicyclic) bond motifs is 1. The molecule has 0 atom stereocenters. The lowest BCUT2D eigenvalue weighted by atomic mass is 10.1. The van der Waals surface area contributed by atoms with E-state index < -0.39 is 10.0 Å². The first kappa shape index (κ1) is 21.3. The Bertz CT molecular complexity index is 955. The molecule has 0 saturated carbocycles. The van der Waals surface area contributed by atoms with Crippen LogP contribution in [-0.4, -0.2) is 38.8 Å². The minimum atomic E-state index is -3.51. The van der Waals surface area contributed by atoms with Crippen molar-refractivity contribution in [1.29, 1.82) is 0 Å². The van der Waals surface area contributed by atoms with E-state index >= 15 is 0 Å². The van der Waals surface area contributed by atoms with E-state index in [9.17, 15) is 13.2 Å². The molecule has 2 aromatic carbocycles. The monoisotopic (exact) mass is 416 g/mol. The third-order valence-electron chi connectivity index (χ3n) is 5.11. The van der Waals surface area contributed by atoms with Gasteiger partial charge in [0.05, 0.1) is 4.90 Å². The third-order valence-corrected chi connectivity index (χ3v) is 6.98. The van der Waals surface area contributed by atoms with Gasteiger partial charge >= 0.3 is 0 Å². The van der Waals surface area contributed by atoms with E-state index in [2.05, 4.69) is 11.4 Å². The van der Waals surface area contributed by atoms with Gasteiger partial charge in [0.1, 0.15) is 5.75 Å². The van der Waals surface area contributed by atoms with E-state index in [1.165, 1.54) is 34.0 Å². The summed E-state index contributed by atoms with van der Waals surface area (Å²) in [6.07, 6.45) is 5.07. The highest BCUT2D eigenvalue weighted by molar-refractivity contribution is 7.89. The Morgan fingerprint density at radius 1 is 1.10 bits per heavy atom. The van der Waals surface area contributed by atoms with Gasteiger partial charge < -0.3 is 10.1 Å². The van der Waals surface area contributed by atoms with E-state index in [0.717, 1.165) is 25.7 Å². The van der Waals surface area contributed by atoms with Gasteiger partial charge in [0.25, 0.3) is 5.91 Å². The van der Waals surface area contributed by atoms with Gasteiger partial charge in [0.15, 0.2) is 6.61 Å². The number of hydrogen-bond acceptors (Lipinski definition) is 4. The minimum Gasteiger partial charge on any atom is -0.484 e. The van der Waals surface area contributed by atoms with Crippen LogP contribution in [0.4, 0.5) is 5.69 Å². The summed E-state index contributed by atoms with van der Waals surface area (Å²) in [4.78, 5) is 12.4. The third kappa shape index (κ3) is 5.36. The van der Waals surface area contributed by atoms with Crippen molar-refractivity contribution < 1.29 is 17.9 Å². The molecule has 0 heterocycles. The maximum Gasteiger partial charge on any atom is 0.262 e. The van der Waals surface area contributed by atoms with E-state index in [-0.39, 0.29) is 17.4 Å². The standard InChI is InChI=1S/C22H28N2O4S/c1-3-4-14-24(2)29(26,27)21-12-9-19(10-13-21)23-22(25)16-28-20-11-8-17-6-5-7-18(17)15-20/h8-13,15H,3-7,14,16H2,1-2H3,(H,23,25). The maximum atomic E-state index is 12.5. The molecule has 1 aliphatic carbocycles. The van der Waals surface area contributed by atoms with Crippen molar-refractivity contribution in [3.8, 4) is 5.75 Å². The molecule has 6 nitrogen and oxygen atoms in total. The highest BCUT2D eigenvalue weighted by Gasteiger charge is 2.20. The van der Waals surface area contributed by atoms with Crippen molar-refractivity contribution in [3.63, 3.8) is 0 Å². The number of unbranched alkanes of at least 4 members (excludes halogenated alkanes) is 1. The van der Waals surface area contributed by atoms with Crippen molar-refractivity contribution >= 4 is 21.6 Å². The first-order valence-corrected chi connectivity index (χ1v) is 11.4. The lowest BCUT2D eigenvalue weighted by molar-refractivity contribution is -0.118. The number of aryl methyl sites for hydroxylation is 2. The highest BCUT2D eigenvalue weighted by atomic mass is 32.2. The molecule has 29 heavy (non-hydrogen) atoms. The summed E-state index contributed by atoms with van der Waals surface area (Å²) < 4.78 is 32.0. The molecule has 1 amide bonds. The molecule has 0 bridgehead atoms. The molecule has 2 aromatic rings. The van der Waals surface area contributed by atoms with E-state index in [0.29, 0.717) is 18.0 Å². The van der Waals surface area contributed by atoms with E-state index in [1.54, 1.807) is 19.2 Å². The summed E-state index contributed by atoms with van der Waals surface area (Å²) in [6.45, 7) is 2.40. The van der Waals surface area contributed by atoms with Gasteiger partial charge in [-0.05, 0) is 73.2 Å². The van der Waals surface area contributed by atoms with E-state index in [1.807, 2.05) is 19.1 Å². The van der Waals surface area contributed by atoms with E-state index in [4.69, 9.17) is 4.74 Å². The number of anilines is 1. The van der Waals surface area contributed by atoms with Crippen molar-refractivity contribution in [2.75, 3.05) is 25.5 Å². The van der Waals surface area contributed by atoms with Crippen LogP contribution < -0.4 is 10.1 Å². The molecule has 0 radical (unpaired) electrons. The number of nitrogens with one attached hydrogen (secondary N) is 1. The van der Waals surface area contributed by atoms with Crippen LogP contribution in [0.25, 0.3) is 0 Å². The number of carbonyl (C=O) groups is 1. The number of sulfonamides is 1. The lowest BCUT2D eigenvalue weighted by Crippen LogP contribution is -2.28. The highest BCUT2D eigenvalue weighted by Crippen LogP contribution is 2.26. The second kappa shape index (κ2) is 9.41. The predicted octanol–water partition coefficient (Wildman–Crippen LogP) is 3.61.